The highest BCUT2D eigenvalue weighted by Crippen LogP contribution is 2.31. The Labute approximate surface area is 193 Å². The van der Waals surface area contributed by atoms with Crippen LogP contribution in [0.1, 0.15) is 36.7 Å². The molecule has 32 heavy (non-hydrogen) atoms. The summed E-state index contributed by atoms with van der Waals surface area (Å²) in [5.41, 5.74) is 2.70. The zero-order valence-corrected chi connectivity index (χ0v) is 19.1. The molecule has 0 amide bonds. The lowest BCUT2D eigenvalue weighted by molar-refractivity contribution is 0.444. The van der Waals surface area contributed by atoms with E-state index < -0.39 is 0 Å². The average Bonchev–Trinajstić information content (AvgIpc) is 3.47. The Bertz CT molecular complexity index is 1060. The van der Waals surface area contributed by atoms with Crippen LogP contribution in [0, 0.1) is 5.92 Å². The number of nitrogens with zero attached hydrogens (tertiary/aromatic N) is 4. The maximum atomic E-state index is 5.49. The van der Waals surface area contributed by atoms with Crippen LogP contribution < -0.4 is 20.4 Å². The highest BCUT2D eigenvalue weighted by atomic mass is 32.1. The molecular weight excluding hydrogens is 420 g/mol. The number of piperidine rings is 1. The summed E-state index contributed by atoms with van der Waals surface area (Å²) in [7, 11) is 0. The smallest absolute Gasteiger partial charge is 0.232 e. The number of fused-ring (bicyclic) bond motifs is 1. The second kappa shape index (κ2) is 9.16. The van der Waals surface area contributed by atoms with Gasteiger partial charge in [0.1, 0.15) is 17.4 Å². The van der Waals surface area contributed by atoms with Crippen LogP contribution in [-0.4, -0.2) is 28.2 Å². The average molecular weight is 449 g/mol. The van der Waals surface area contributed by atoms with Gasteiger partial charge >= 0.3 is 0 Å². The lowest BCUT2D eigenvalue weighted by Gasteiger charge is -2.32. The highest BCUT2D eigenvalue weighted by molar-refractivity contribution is 7.80. The Morgan fingerprint density at radius 1 is 1.09 bits per heavy atom. The predicted molar refractivity (Wildman–Crippen MR) is 131 cm³/mol. The van der Waals surface area contributed by atoms with Gasteiger partial charge in [0.2, 0.25) is 5.95 Å². The first kappa shape index (κ1) is 20.8. The van der Waals surface area contributed by atoms with Crippen molar-refractivity contribution in [2.75, 3.05) is 28.2 Å². The van der Waals surface area contributed by atoms with Crippen molar-refractivity contribution in [3.63, 3.8) is 0 Å². The molecule has 1 fully saturated rings. The van der Waals surface area contributed by atoms with E-state index in [0.29, 0.717) is 23.5 Å². The van der Waals surface area contributed by atoms with Crippen LogP contribution in [-0.2, 0) is 19.6 Å². The molecule has 0 spiro atoms. The van der Waals surface area contributed by atoms with Gasteiger partial charge in [0, 0.05) is 32.2 Å². The number of nitrogens with one attached hydrogen (secondary N) is 2. The van der Waals surface area contributed by atoms with Crippen LogP contribution in [0.25, 0.3) is 0 Å². The van der Waals surface area contributed by atoms with Crippen LogP contribution in [0.15, 0.2) is 53.1 Å². The van der Waals surface area contributed by atoms with E-state index >= 15 is 0 Å². The third-order valence-corrected chi connectivity index (χ3v) is 6.32. The molecule has 2 aromatic heterocycles. The van der Waals surface area contributed by atoms with Gasteiger partial charge < -0.3 is 24.9 Å². The summed E-state index contributed by atoms with van der Waals surface area (Å²) in [4.78, 5) is 14.3. The fourth-order valence-corrected chi connectivity index (χ4v) is 4.58. The van der Waals surface area contributed by atoms with E-state index in [1.165, 1.54) is 24.0 Å². The number of aromatic nitrogens is 2. The summed E-state index contributed by atoms with van der Waals surface area (Å²) in [6.45, 7) is 6.54. The Kier molecular flexibility index (Phi) is 5.94. The van der Waals surface area contributed by atoms with E-state index in [2.05, 4.69) is 57.7 Å². The zero-order valence-electron chi connectivity index (χ0n) is 18.3. The van der Waals surface area contributed by atoms with E-state index in [9.17, 15) is 0 Å². The van der Waals surface area contributed by atoms with E-state index in [1.54, 1.807) is 6.26 Å². The molecule has 8 heteroatoms. The van der Waals surface area contributed by atoms with Crippen molar-refractivity contribution < 1.29 is 4.42 Å². The molecule has 0 aliphatic carbocycles. The Hall–Kier alpha value is -3.13. The molecule has 1 saturated heterocycles. The Balaban J connectivity index is 1.37. The van der Waals surface area contributed by atoms with Gasteiger partial charge in [-0.05, 0) is 54.2 Å². The van der Waals surface area contributed by atoms with Gasteiger partial charge in [0.25, 0.3) is 0 Å². The molecule has 4 heterocycles. The quantitative estimate of drug-likeness (QED) is 0.560. The molecule has 2 N–H and O–H groups in total. The van der Waals surface area contributed by atoms with E-state index in [4.69, 9.17) is 26.6 Å². The second-order valence-electron chi connectivity index (χ2n) is 8.61. The van der Waals surface area contributed by atoms with Crippen LogP contribution in [0.3, 0.4) is 0 Å². The largest absolute Gasteiger partial charge is 0.467 e. The molecule has 0 radical (unpaired) electrons. The van der Waals surface area contributed by atoms with Crippen molar-refractivity contribution in [1.29, 1.82) is 0 Å². The lowest BCUT2D eigenvalue weighted by atomic mass is 10.0. The van der Waals surface area contributed by atoms with Gasteiger partial charge in [-0.25, -0.2) is 0 Å². The first-order valence-corrected chi connectivity index (χ1v) is 11.6. The van der Waals surface area contributed by atoms with Gasteiger partial charge in [-0.2, -0.15) is 9.97 Å². The SMILES string of the molecule is C[C@@H]1CCCN(c2cc(N3Cc4ccccc4C3)nc(NC(=S)NCc3ccco3)n2)C1. The van der Waals surface area contributed by atoms with E-state index in [0.717, 1.165) is 43.6 Å². The summed E-state index contributed by atoms with van der Waals surface area (Å²) in [5, 5.41) is 6.82. The van der Waals surface area contributed by atoms with Gasteiger partial charge in [-0.1, -0.05) is 31.2 Å². The minimum absolute atomic E-state index is 0.473. The van der Waals surface area contributed by atoms with Crippen LogP contribution in [0.5, 0.6) is 0 Å². The third kappa shape index (κ3) is 4.70. The fourth-order valence-electron chi connectivity index (χ4n) is 4.42. The minimum atomic E-state index is 0.473. The van der Waals surface area contributed by atoms with Gasteiger partial charge in [0.15, 0.2) is 5.11 Å². The zero-order chi connectivity index (χ0) is 21.9. The third-order valence-electron chi connectivity index (χ3n) is 6.07. The van der Waals surface area contributed by atoms with Crippen molar-refractivity contribution in [2.24, 2.45) is 5.92 Å². The van der Waals surface area contributed by atoms with Crippen molar-refractivity contribution in [3.05, 3.63) is 65.6 Å². The topological polar surface area (TPSA) is 69.5 Å². The number of hydrogen-bond donors (Lipinski definition) is 2. The molecule has 7 nitrogen and oxygen atoms in total. The number of hydrogen-bond acceptors (Lipinski definition) is 6. The molecular formula is C24H28N6OS. The summed E-state index contributed by atoms with van der Waals surface area (Å²) in [6.07, 6.45) is 4.10. The lowest BCUT2D eigenvalue weighted by Crippen LogP contribution is -2.35. The summed E-state index contributed by atoms with van der Waals surface area (Å²) >= 11 is 5.49. The maximum Gasteiger partial charge on any atom is 0.232 e. The Morgan fingerprint density at radius 3 is 2.53 bits per heavy atom. The Morgan fingerprint density at radius 2 is 1.84 bits per heavy atom. The molecule has 0 saturated carbocycles. The van der Waals surface area contributed by atoms with Crippen LogP contribution in [0.2, 0.25) is 0 Å². The standard InChI is InChI=1S/C24H28N6OS/c1-17-6-4-10-29(14-17)21-12-22(30-15-18-7-2-3-8-19(18)16-30)27-23(26-21)28-24(32)25-13-20-9-5-11-31-20/h2-3,5,7-9,11-12,17H,4,6,10,13-16H2,1H3,(H2,25,26,27,28,32)/t17-/m1/s1. The number of benzene rings is 1. The molecule has 166 valence electrons. The fraction of sp³-hybridized carbons (Fsp3) is 0.375. The number of thiocarbonyl (C=S) groups is 1. The van der Waals surface area contributed by atoms with E-state index in [1.807, 2.05) is 12.1 Å². The van der Waals surface area contributed by atoms with Gasteiger partial charge in [0.05, 0.1) is 12.8 Å². The first-order valence-electron chi connectivity index (χ1n) is 11.2. The molecule has 5 rings (SSSR count). The number of furan rings is 1. The summed E-state index contributed by atoms with van der Waals surface area (Å²) in [6, 6.07) is 14.5. The van der Waals surface area contributed by atoms with Crippen molar-refractivity contribution in [2.45, 2.75) is 39.4 Å². The molecule has 0 bridgehead atoms. The normalized spacial score (nSPS) is 17.8. The molecule has 1 atom stereocenters. The van der Waals surface area contributed by atoms with E-state index in [-0.39, 0.29) is 0 Å². The molecule has 0 unspecified atom stereocenters. The minimum Gasteiger partial charge on any atom is -0.467 e. The monoisotopic (exact) mass is 448 g/mol. The second-order valence-corrected chi connectivity index (χ2v) is 9.02. The maximum absolute atomic E-state index is 5.49. The molecule has 1 aromatic carbocycles. The molecule has 2 aliphatic heterocycles. The number of rotatable bonds is 5. The molecule has 3 aromatic rings. The molecule has 2 aliphatic rings. The van der Waals surface area contributed by atoms with Crippen LogP contribution in [0.4, 0.5) is 17.6 Å². The van der Waals surface area contributed by atoms with Crippen LogP contribution >= 0.6 is 12.2 Å². The van der Waals surface area contributed by atoms with Gasteiger partial charge in [-0.15, -0.1) is 0 Å². The van der Waals surface area contributed by atoms with Gasteiger partial charge in [-0.3, -0.25) is 0 Å². The highest BCUT2D eigenvalue weighted by Gasteiger charge is 2.24. The first-order chi connectivity index (χ1) is 15.6. The predicted octanol–water partition coefficient (Wildman–Crippen LogP) is 4.31. The van der Waals surface area contributed by atoms with Crippen molar-refractivity contribution >= 4 is 34.9 Å². The van der Waals surface area contributed by atoms with Crippen molar-refractivity contribution in [3.8, 4) is 0 Å². The number of anilines is 3. The van der Waals surface area contributed by atoms with Crippen molar-refractivity contribution in [1.82, 2.24) is 15.3 Å². The summed E-state index contributed by atoms with van der Waals surface area (Å²) in [5.74, 6) is 3.87. The summed E-state index contributed by atoms with van der Waals surface area (Å²) < 4.78 is 5.37.